The van der Waals surface area contributed by atoms with Crippen LogP contribution in [0.1, 0.15) is 25.2 Å². The van der Waals surface area contributed by atoms with Gasteiger partial charge in [0.1, 0.15) is 12.4 Å². The van der Waals surface area contributed by atoms with E-state index in [0.29, 0.717) is 43.6 Å². The van der Waals surface area contributed by atoms with Gasteiger partial charge in [-0.1, -0.05) is 21.6 Å². The molecule has 1 aliphatic heterocycles. The smallest absolute Gasteiger partial charge is 0.123 e. The first-order valence-corrected chi connectivity index (χ1v) is 14.8. The zero-order valence-electron chi connectivity index (χ0n) is 21.4. The number of aliphatic hydroxyl groups excluding tert-OH is 2. The van der Waals surface area contributed by atoms with Gasteiger partial charge in [-0.25, -0.2) is 0 Å². The first kappa shape index (κ1) is 30.6. The first-order chi connectivity index (χ1) is 17.0. The second-order valence-corrected chi connectivity index (χ2v) is 12.0. The lowest BCUT2D eigenvalue weighted by Gasteiger charge is -2.31. The molecule has 0 amide bonds. The quantitative estimate of drug-likeness (QED) is 0.202. The molecule has 1 fully saturated rings. The summed E-state index contributed by atoms with van der Waals surface area (Å²) in [6.07, 6.45) is 2.10. The molecule has 1 aromatic rings. The molecule has 0 saturated carbocycles. The number of nitrogens with zero attached hydrogens (tertiary/aromatic N) is 3. The van der Waals surface area contributed by atoms with E-state index in [1.807, 2.05) is 10.8 Å². The third-order valence-corrected chi connectivity index (χ3v) is 8.00. The number of hydrogen-bond donors (Lipinski definition) is 2. The molecule has 0 atom stereocenters. The van der Waals surface area contributed by atoms with Crippen LogP contribution in [0, 0.1) is 0 Å². The van der Waals surface area contributed by atoms with Crippen molar-refractivity contribution in [2.24, 2.45) is 0 Å². The molecule has 202 valence electrons. The molecule has 1 aliphatic rings. The Morgan fingerprint density at radius 2 is 1.63 bits per heavy atom. The third-order valence-electron chi connectivity index (χ3n) is 5.40. The molecule has 11 heteroatoms. The Morgan fingerprint density at radius 1 is 1.00 bits per heavy atom. The molecule has 0 aromatic carbocycles. The minimum atomic E-state index is -0.190. The van der Waals surface area contributed by atoms with E-state index in [-0.39, 0.29) is 18.0 Å². The predicted octanol–water partition coefficient (Wildman–Crippen LogP) is 1.90. The van der Waals surface area contributed by atoms with Gasteiger partial charge < -0.3 is 29.2 Å². The monoisotopic (exact) mass is 533 g/mol. The third kappa shape index (κ3) is 13.5. The molecule has 0 aliphatic carbocycles. The van der Waals surface area contributed by atoms with Crippen molar-refractivity contribution in [3.8, 4) is 5.75 Å². The van der Waals surface area contributed by atoms with Gasteiger partial charge >= 0.3 is 0 Å². The summed E-state index contributed by atoms with van der Waals surface area (Å²) >= 11 is 0. The molecule has 2 N–H and O–H groups in total. The zero-order chi connectivity index (χ0) is 25.4. The van der Waals surface area contributed by atoms with Gasteiger partial charge in [0.15, 0.2) is 0 Å². The molecular weight excluding hydrogens is 490 g/mol. The van der Waals surface area contributed by atoms with E-state index in [9.17, 15) is 10.2 Å². The highest BCUT2D eigenvalue weighted by atomic mass is 33.1. The van der Waals surface area contributed by atoms with Crippen molar-refractivity contribution in [1.82, 2.24) is 14.8 Å². The Bertz CT molecular complexity index is 673. The summed E-state index contributed by atoms with van der Waals surface area (Å²) in [5.41, 5.74) is 0.975. The van der Waals surface area contributed by atoms with Crippen molar-refractivity contribution in [2.45, 2.75) is 31.8 Å². The number of aliphatic hydroxyl groups is 2. The average molecular weight is 534 g/mol. The van der Waals surface area contributed by atoms with Gasteiger partial charge in [0.05, 0.1) is 64.2 Å². The van der Waals surface area contributed by atoms with Crippen molar-refractivity contribution >= 4 is 21.6 Å². The lowest BCUT2D eigenvalue weighted by Crippen LogP contribution is -2.40. The van der Waals surface area contributed by atoms with Gasteiger partial charge in [0.2, 0.25) is 0 Å². The maximum absolute atomic E-state index is 9.38. The van der Waals surface area contributed by atoms with Crippen LogP contribution in [0.4, 0.5) is 0 Å². The van der Waals surface area contributed by atoms with Crippen molar-refractivity contribution in [3.63, 3.8) is 0 Å². The van der Waals surface area contributed by atoms with Crippen LogP contribution in [-0.2, 0) is 27.4 Å². The minimum Gasteiger partial charge on any atom is -0.492 e. The van der Waals surface area contributed by atoms with Gasteiger partial charge in [-0.05, 0) is 20.1 Å². The van der Waals surface area contributed by atoms with Crippen LogP contribution in [0.5, 0.6) is 5.75 Å². The van der Waals surface area contributed by atoms with Gasteiger partial charge in [0, 0.05) is 56.1 Å². The lowest BCUT2D eigenvalue weighted by molar-refractivity contribution is 0.00544. The van der Waals surface area contributed by atoms with Crippen LogP contribution in [0.25, 0.3) is 0 Å². The van der Waals surface area contributed by atoms with Gasteiger partial charge in [-0.15, -0.1) is 0 Å². The summed E-state index contributed by atoms with van der Waals surface area (Å²) in [6.45, 7) is 14.1. The van der Waals surface area contributed by atoms with Crippen LogP contribution in [-0.4, -0.2) is 122 Å². The second kappa shape index (κ2) is 17.8. The molecule has 35 heavy (non-hydrogen) atoms. The fourth-order valence-electron chi connectivity index (χ4n) is 3.75. The summed E-state index contributed by atoms with van der Waals surface area (Å²) < 4.78 is 22.9. The highest BCUT2D eigenvalue weighted by Gasteiger charge is 2.22. The Hall–Kier alpha value is -0.630. The molecule has 9 nitrogen and oxygen atoms in total. The lowest BCUT2D eigenvalue weighted by atomic mass is 10.2. The Labute approximate surface area is 218 Å². The van der Waals surface area contributed by atoms with E-state index < -0.39 is 0 Å². The van der Waals surface area contributed by atoms with Gasteiger partial charge in [-0.2, -0.15) is 0 Å². The van der Waals surface area contributed by atoms with Crippen LogP contribution in [0.15, 0.2) is 12.1 Å². The van der Waals surface area contributed by atoms with E-state index in [1.165, 1.54) is 0 Å². The number of pyridine rings is 1. The highest BCUT2D eigenvalue weighted by Crippen LogP contribution is 2.34. The summed E-state index contributed by atoms with van der Waals surface area (Å²) in [6, 6.07) is 3.42. The van der Waals surface area contributed by atoms with Crippen LogP contribution < -0.4 is 4.74 Å². The largest absolute Gasteiger partial charge is 0.492 e. The second-order valence-electron chi connectivity index (χ2n) is 8.91. The normalized spacial score (nSPS) is 15.1. The number of aromatic nitrogens is 1. The summed E-state index contributed by atoms with van der Waals surface area (Å²) in [7, 11) is 3.64. The number of hydrogen-bond acceptors (Lipinski definition) is 11. The van der Waals surface area contributed by atoms with Crippen molar-refractivity contribution in [1.29, 1.82) is 0 Å². The van der Waals surface area contributed by atoms with E-state index in [1.54, 1.807) is 22.9 Å². The van der Waals surface area contributed by atoms with Crippen LogP contribution in [0.2, 0.25) is 0 Å². The molecule has 0 spiro atoms. The fraction of sp³-hybridized carbons (Fsp3) is 0.792. The fourth-order valence-corrected chi connectivity index (χ4v) is 5.95. The van der Waals surface area contributed by atoms with Crippen molar-refractivity contribution in [3.05, 3.63) is 23.5 Å². The average Bonchev–Trinajstić information content (AvgIpc) is 2.85. The number of morpholine rings is 1. The summed E-state index contributed by atoms with van der Waals surface area (Å²) in [5.74, 6) is 0.608. The molecule has 1 aromatic heterocycles. The highest BCUT2D eigenvalue weighted by molar-refractivity contribution is 8.76. The summed E-state index contributed by atoms with van der Waals surface area (Å²) in [5, 5.41) is 18.8. The van der Waals surface area contributed by atoms with E-state index in [4.69, 9.17) is 18.9 Å². The minimum absolute atomic E-state index is 0.0901. The Morgan fingerprint density at radius 3 is 2.26 bits per heavy atom. The van der Waals surface area contributed by atoms with Gasteiger partial charge in [0.25, 0.3) is 0 Å². The standard InChI is InChI=1S/C24H43N3O6S2/c1-24(2,35-34-3)20-27(8-13-33-23-16-21(18-28)25-22(17-23)19-29)7-12-32-15-14-31-11-6-26-4-9-30-10-5-26/h16-17,28-29H,4-15,18-20H2,1-3H3. The molecule has 0 radical (unpaired) electrons. The maximum Gasteiger partial charge on any atom is 0.123 e. The molecule has 0 bridgehead atoms. The molecule has 2 rings (SSSR count). The van der Waals surface area contributed by atoms with Crippen molar-refractivity contribution < 1.29 is 29.2 Å². The van der Waals surface area contributed by atoms with Crippen LogP contribution >= 0.6 is 21.6 Å². The van der Waals surface area contributed by atoms with Gasteiger partial charge in [-0.3, -0.25) is 14.8 Å². The number of rotatable bonds is 19. The number of ether oxygens (including phenoxy) is 4. The Kier molecular flexibility index (Phi) is 15.5. The van der Waals surface area contributed by atoms with E-state index in [2.05, 4.69) is 34.9 Å². The van der Waals surface area contributed by atoms with Crippen LogP contribution in [0.3, 0.4) is 0 Å². The molecule has 1 saturated heterocycles. The zero-order valence-corrected chi connectivity index (χ0v) is 23.1. The predicted molar refractivity (Wildman–Crippen MR) is 142 cm³/mol. The summed E-state index contributed by atoms with van der Waals surface area (Å²) in [4.78, 5) is 8.86. The topological polar surface area (TPSA) is 96.8 Å². The first-order valence-electron chi connectivity index (χ1n) is 12.2. The van der Waals surface area contributed by atoms with E-state index in [0.717, 1.165) is 59.1 Å². The molecular formula is C24H43N3O6S2. The maximum atomic E-state index is 9.38. The molecule has 2 heterocycles. The van der Waals surface area contributed by atoms with Crippen molar-refractivity contribution in [2.75, 3.05) is 91.8 Å². The van der Waals surface area contributed by atoms with E-state index >= 15 is 0 Å². The Balaban J connectivity index is 1.70. The molecule has 0 unspecified atom stereocenters. The SMILES string of the molecule is CSSC(C)(C)CN(CCOCCOCCN1CCOCC1)CCOc1cc(CO)nc(CO)c1.